The van der Waals surface area contributed by atoms with Crippen molar-refractivity contribution >= 4 is 67.1 Å². The average Bonchev–Trinajstić information content (AvgIpc) is 3.96. The maximum absolute atomic E-state index is 13.6. The van der Waals surface area contributed by atoms with E-state index in [2.05, 4.69) is 20.6 Å². The zero-order chi connectivity index (χ0) is 37.6. The number of hydrogen-bond acceptors (Lipinski definition) is 11. The number of carbonyl (C=O) groups is 4. The summed E-state index contributed by atoms with van der Waals surface area (Å²) in [6.07, 6.45) is 4.86. The lowest BCUT2D eigenvalue weighted by molar-refractivity contribution is -0.136. The summed E-state index contributed by atoms with van der Waals surface area (Å²) in [5.41, 5.74) is 3.00. The number of benzene rings is 1. The van der Waals surface area contributed by atoms with Crippen LogP contribution in [-0.2, 0) is 14.3 Å². The van der Waals surface area contributed by atoms with Gasteiger partial charge in [0, 0.05) is 25.5 Å². The molecule has 0 saturated carbocycles. The maximum atomic E-state index is 13.6. The molecular formula is C35H42N10O6S2. The number of likely N-dealkylation sites (tertiary alicyclic amines) is 2. The highest BCUT2D eigenvalue weighted by Crippen LogP contribution is 2.39. The van der Waals surface area contributed by atoms with E-state index in [0.29, 0.717) is 36.1 Å². The summed E-state index contributed by atoms with van der Waals surface area (Å²) in [7, 11) is 1.28. The molecule has 0 unspecified atom stereocenters. The molecule has 7 rings (SSSR count). The lowest BCUT2D eigenvalue weighted by Crippen LogP contribution is -2.51. The summed E-state index contributed by atoms with van der Waals surface area (Å²) in [6.45, 7) is 8.52. The topological polar surface area (TPSA) is 211 Å². The largest absolute Gasteiger partial charge is 0.465 e. The van der Waals surface area contributed by atoms with E-state index >= 15 is 0 Å². The van der Waals surface area contributed by atoms with Crippen LogP contribution in [0.5, 0.6) is 0 Å². The molecule has 53 heavy (non-hydrogen) atoms. The Hall–Kier alpha value is -5.10. The minimum Gasteiger partial charge on any atom is -0.465 e. The third-order valence-corrected chi connectivity index (χ3v) is 11.9. The average molecular weight is 763 g/mol. The zero-order valence-corrected chi connectivity index (χ0v) is 31.6. The normalized spacial score (nSPS) is 18.7. The molecule has 4 amide bonds. The van der Waals surface area contributed by atoms with E-state index in [1.165, 1.54) is 29.8 Å². The number of alkyl carbamates (subject to hydrolysis) is 1. The second kappa shape index (κ2) is 14.7. The van der Waals surface area contributed by atoms with Crippen molar-refractivity contribution in [3.05, 3.63) is 36.2 Å². The van der Waals surface area contributed by atoms with E-state index in [9.17, 15) is 24.3 Å². The Morgan fingerprint density at radius 3 is 1.64 bits per heavy atom. The highest BCUT2D eigenvalue weighted by Gasteiger charge is 2.39. The molecule has 5 aromatic rings. The van der Waals surface area contributed by atoms with Crippen molar-refractivity contribution in [2.45, 2.75) is 77.5 Å². The molecule has 1 aromatic carbocycles. The number of imidazole rings is 2. The summed E-state index contributed by atoms with van der Waals surface area (Å²) in [5.74, 6) is 0.595. The second-order valence-electron chi connectivity index (χ2n) is 14.1. The summed E-state index contributed by atoms with van der Waals surface area (Å²) in [4.78, 5) is 79.8. The van der Waals surface area contributed by atoms with Crippen LogP contribution >= 0.6 is 22.7 Å². The van der Waals surface area contributed by atoms with Gasteiger partial charge in [-0.25, -0.2) is 29.5 Å². The molecule has 4 aromatic heterocycles. The van der Waals surface area contributed by atoms with Crippen LogP contribution in [-0.4, -0.2) is 101 Å². The fourth-order valence-electron chi connectivity index (χ4n) is 7.14. The Balaban J connectivity index is 1.07. The number of amides is 4. The van der Waals surface area contributed by atoms with Gasteiger partial charge in [0.25, 0.3) is 0 Å². The number of ether oxygens (including phenoxy) is 1. The van der Waals surface area contributed by atoms with Crippen LogP contribution in [0.15, 0.2) is 24.5 Å². The lowest BCUT2D eigenvalue weighted by Gasteiger charge is -2.29. The fourth-order valence-corrected chi connectivity index (χ4v) is 9.02. The number of thiazole rings is 2. The third kappa shape index (κ3) is 7.16. The molecule has 2 saturated heterocycles. The second-order valence-corrected chi connectivity index (χ2v) is 16.1. The molecule has 0 radical (unpaired) electrons. The van der Waals surface area contributed by atoms with Gasteiger partial charge in [-0.1, -0.05) is 27.7 Å². The molecule has 2 aliphatic heterocycles. The molecule has 16 nitrogen and oxygen atoms in total. The Labute approximate surface area is 312 Å². The van der Waals surface area contributed by atoms with Gasteiger partial charge in [-0.3, -0.25) is 9.59 Å². The van der Waals surface area contributed by atoms with E-state index in [4.69, 9.17) is 24.7 Å². The Morgan fingerprint density at radius 1 is 0.774 bits per heavy atom. The molecule has 0 spiro atoms. The number of carboxylic acid groups (broad SMARTS) is 1. The minimum atomic E-state index is -1.22. The van der Waals surface area contributed by atoms with Crippen molar-refractivity contribution < 1.29 is 29.0 Å². The predicted molar refractivity (Wildman–Crippen MR) is 199 cm³/mol. The van der Waals surface area contributed by atoms with Gasteiger partial charge < -0.3 is 40.2 Å². The lowest BCUT2D eigenvalue weighted by atomic mass is 10.0. The molecule has 0 aliphatic carbocycles. The molecule has 4 atom stereocenters. The van der Waals surface area contributed by atoms with Gasteiger partial charge in [0.1, 0.15) is 45.1 Å². The smallest absolute Gasteiger partial charge is 0.407 e. The predicted octanol–water partition coefficient (Wildman–Crippen LogP) is 5.69. The number of fused-ring (bicyclic) bond motifs is 2. The number of methoxy groups -OCH3 is 1. The minimum absolute atomic E-state index is 0.122. The van der Waals surface area contributed by atoms with E-state index in [1.54, 1.807) is 16.0 Å². The number of carbonyl (C=O) groups excluding carboxylic acids is 3. The molecule has 280 valence electrons. The number of rotatable bonds is 10. The standard InChI is InChI=1S/C35H42N10O6S2/c1-16(2)26(42-34(48)49)32(46)44-10-6-8-22(44)28-36-14-20(38-28)30-40-18-12-25-19(13-24(18)52-30)41-31(53-25)21-15-37-29(39-21)23-9-7-11-45(23)33(47)27(17(3)4)43-35(50)51-5/h12-17,22-23,26-27,42H,6-11H2,1-5H3,(H,36,38)(H,37,39)(H,43,50)(H,48,49)/t22-,23-,26-,27-/m0/s1. The van der Waals surface area contributed by atoms with Crippen LogP contribution in [0, 0.1) is 11.8 Å². The number of hydrogen-bond donors (Lipinski definition) is 5. The van der Waals surface area contributed by atoms with Crippen LogP contribution in [0.4, 0.5) is 9.59 Å². The first-order valence-electron chi connectivity index (χ1n) is 17.7. The molecule has 5 N–H and O–H groups in total. The molecule has 0 bridgehead atoms. The van der Waals surface area contributed by atoms with Crippen molar-refractivity contribution in [3.8, 4) is 21.4 Å². The van der Waals surface area contributed by atoms with Gasteiger partial charge in [0.05, 0.1) is 39.6 Å². The molecular weight excluding hydrogens is 721 g/mol. The number of aromatic nitrogens is 6. The van der Waals surface area contributed by atoms with Gasteiger partial charge in [0.2, 0.25) is 11.8 Å². The van der Waals surface area contributed by atoms with E-state index < -0.39 is 24.3 Å². The summed E-state index contributed by atoms with van der Waals surface area (Å²) in [6, 6.07) is 1.97. The van der Waals surface area contributed by atoms with Crippen LogP contribution in [0.2, 0.25) is 0 Å². The molecule has 2 aliphatic rings. The van der Waals surface area contributed by atoms with Gasteiger partial charge in [-0.05, 0) is 49.7 Å². The van der Waals surface area contributed by atoms with Gasteiger partial charge >= 0.3 is 12.2 Å². The Kier molecular flexibility index (Phi) is 10.1. The highest BCUT2D eigenvalue weighted by atomic mass is 32.1. The number of nitrogens with one attached hydrogen (secondary N) is 4. The molecule has 18 heteroatoms. The first-order chi connectivity index (χ1) is 25.4. The van der Waals surface area contributed by atoms with Crippen molar-refractivity contribution in [3.63, 3.8) is 0 Å². The molecule has 6 heterocycles. The summed E-state index contributed by atoms with van der Waals surface area (Å²) >= 11 is 3.01. The monoisotopic (exact) mass is 762 g/mol. The van der Waals surface area contributed by atoms with Crippen LogP contribution in [0.1, 0.15) is 77.1 Å². The third-order valence-electron chi connectivity index (χ3n) is 9.84. The Morgan fingerprint density at radius 2 is 1.23 bits per heavy atom. The van der Waals surface area contributed by atoms with Gasteiger partial charge in [-0.15, -0.1) is 22.7 Å². The Bertz CT molecular complexity index is 2120. The van der Waals surface area contributed by atoms with E-state index in [0.717, 1.165) is 56.1 Å². The van der Waals surface area contributed by atoms with E-state index in [-0.39, 0.29) is 35.7 Å². The van der Waals surface area contributed by atoms with Crippen LogP contribution < -0.4 is 10.6 Å². The maximum Gasteiger partial charge on any atom is 0.407 e. The van der Waals surface area contributed by atoms with Gasteiger partial charge in [0.15, 0.2) is 0 Å². The zero-order valence-electron chi connectivity index (χ0n) is 30.0. The number of H-pyrrole nitrogens is 2. The van der Waals surface area contributed by atoms with Crippen molar-refractivity contribution in [2.24, 2.45) is 11.8 Å². The van der Waals surface area contributed by atoms with E-state index in [1.807, 2.05) is 46.0 Å². The summed E-state index contributed by atoms with van der Waals surface area (Å²) in [5, 5.41) is 15.8. The summed E-state index contributed by atoms with van der Waals surface area (Å²) < 4.78 is 6.66. The first-order valence-corrected chi connectivity index (χ1v) is 19.3. The van der Waals surface area contributed by atoms with Crippen molar-refractivity contribution in [1.82, 2.24) is 50.3 Å². The number of aromatic amines is 2. The van der Waals surface area contributed by atoms with Crippen LogP contribution in [0.3, 0.4) is 0 Å². The molecule has 2 fully saturated rings. The fraction of sp³-hybridized carbons (Fsp3) is 0.486. The van der Waals surface area contributed by atoms with Crippen molar-refractivity contribution in [1.29, 1.82) is 0 Å². The van der Waals surface area contributed by atoms with Gasteiger partial charge in [-0.2, -0.15) is 0 Å². The SMILES string of the molecule is COC(=O)N[C@H](C(=O)N1CCC[C@H]1c1nc(-c2nc3cc4sc(-c5c[nH]c([C@@H]6CCCN6C(=O)[C@@H](NC(=O)O)C(C)C)n5)nc4cc3s2)c[nH]1)C(C)C. The first kappa shape index (κ1) is 36.3. The van der Waals surface area contributed by atoms with Crippen LogP contribution in [0.25, 0.3) is 41.8 Å². The van der Waals surface area contributed by atoms with Crippen molar-refractivity contribution in [2.75, 3.05) is 20.2 Å². The quantitative estimate of drug-likeness (QED) is 0.117. The highest BCUT2D eigenvalue weighted by molar-refractivity contribution is 7.23. The number of nitrogens with zero attached hydrogens (tertiary/aromatic N) is 6.